The molecule has 1 rings (SSSR count). The van der Waals surface area contributed by atoms with Crippen LogP contribution in [0.1, 0.15) is 4.88 Å². The molecular weight excluding hydrogens is 142 g/mol. The van der Waals surface area contributed by atoms with Gasteiger partial charge in [-0.3, -0.25) is 0 Å². The van der Waals surface area contributed by atoms with E-state index in [1.807, 2.05) is 6.07 Å². The first-order valence-electron chi connectivity index (χ1n) is 3.23. The Labute approximate surface area is 65.2 Å². The summed E-state index contributed by atoms with van der Waals surface area (Å²) in [5, 5.41) is 2.06. The van der Waals surface area contributed by atoms with Crippen molar-refractivity contribution in [2.75, 3.05) is 0 Å². The summed E-state index contributed by atoms with van der Waals surface area (Å²) in [6.07, 6.45) is 2.70. The van der Waals surface area contributed by atoms with Crippen molar-refractivity contribution in [1.29, 1.82) is 0 Å². The Morgan fingerprint density at radius 1 is 1.80 bits per heavy atom. The van der Waals surface area contributed by atoms with E-state index in [0.717, 1.165) is 6.42 Å². The van der Waals surface area contributed by atoms with Crippen LogP contribution in [0.15, 0.2) is 30.2 Å². The summed E-state index contributed by atoms with van der Waals surface area (Å²) in [6, 6.07) is 4.24. The minimum absolute atomic E-state index is 0.110. The molecule has 0 aliphatic heterocycles. The first-order chi connectivity index (χ1) is 4.83. The largest absolute Gasteiger partial charge is 0.324 e. The van der Waals surface area contributed by atoms with Crippen LogP contribution in [-0.2, 0) is 6.42 Å². The maximum Gasteiger partial charge on any atom is 0.0270 e. The molecule has 0 spiro atoms. The lowest BCUT2D eigenvalue weighted by molar-refractivity contribution is 0.823. The predicted octanol–water partition coefficient (Wildman–Crippen LogP) is 1.80. The molecule has 54 valence electrons. The van der Waals surface area contributed by atoms with E-state index in [2.05, 4.69) is 18.0 Å². The van der Waals surface area contributed by atoms with Gasteiger partial charge < -0.3 is 5.73 Å². The second kappa shape index (κ2) is 3.54. The van der Waals surface area contributed by atoms with E-state index in [0.29, 0.717) is 0 Å². The predicted molar refractivity (Wildman–Crippen MR) is 46.2 cm³/mol. The van der Waals surface area contributed by atoms with Crippen LogP contribution in [-0.4, -0.2) is 6.04 Å². The van der Waals surface area contributed by atoms with E-state index < -0.39 is 0 Å². The van der Waals surface area contributed by atoms with Gasteiger partial charge >= 0.3 is 0 Å². The summed E-state index contributed by atoms with van der Waals surface area (Å²) >= 11 is 1.74. The third kappa shape index (κ3) is 1.97. The molecule has 0 aliphatic rings. The van der Waals surface area contributed by atoms with Crippen molar-refractivity contribution in [3.63, 3.8) is 0 Å². The number of rotatable bonds is 3. The van der Waals surface area contributed by atoms with Crippen molar-refractivity contribution in [1.82, 2.24) is 0 Å². The SMILES string of the molecule is C=CC(N)Cc1cccs1. The van der Waals surface area contributed by atoms with Crippen molar-refractivity contribution >= 4 is 11.3 Å². The first kappa shape index (κ1) is 7.51. The Morgan fingerprint density at radius 3 is 3.10 bits per heavy atom. The molecule has 1 atom stereocenters. The standard InChI is InChI=1S/C8H11NS/c1-2-7(9)6-8-4-3-5-10-8/h2-5,7H,1,6,9H2. The van der Waals surface area contributed by atoms with Crippen LogP contribution in [0.3, 0.4) is 0 Å². The van der Waals surface area contributed by atoms with Crippen LogP contribution in [0.25, 0.3) is 0 Å². The average molecular weight is 153 g/mol. The fourth-order valence-electron chi connectivity index (χ4n) is 0.744. The van der Waals surface area contributed by atoms with Crippen molar-refractivity contribution in [2.45, 2.75) is 12.5 Å². The summed E-state index contributed by atoms with van der Waals surface area (Å²) in [7, 11) is 0. The van der Waals surface area contributed by atoms with Gasteiger partial charge in [0, 0.05) is 17.3 Å². The van der Waals surface area contributed by atoms with Crippen LogP contribution in [0.2, 0.25) is 0 Å². The molecule has 1 aromatic rings. The number of hydrogen-bond acceptors (Lipinski definition) is 2. The zero-order valence-corrected chi connectivity index (χ0v) is 6.60. The molecule has 1 nitrogen and oxygen atoms in total. The monoisotopic (exact) mass is 153 g/mol. The molecule has 1 aromatic heterocycles. The maximum atomic E-state index is 5.65. The summed E-state index contributed by atoms with van der Waals surface area (Å²) in [4.78, 5) is 1.33. The minimum atomic E-state index is 0.110. The zero-order chi connectivity index (χ0) is 7.40. The van der Waals surface area contributed by atoms with E-state index in [4.69, 9.17) is 5.73 Å². The highest BCUT2D eigenvalue weighted by Gasteiger charge is 1.98. The van der Waals surface area contributed by atoms with Gasteiger partial charge in [0.15, 0.2) is 0 Å². The van der Waals surface area contributed by atoms with Gasteiger partial charge in [0.2, 0.25) is 0 Å². The van der Waals surface area contributed by atoms with E-state index in [1.165, 1.54) is 4.88 Å². The smallest absolute Gasteiger partial charge is 0.0270 e. The normalized spacial score (nSPS) is 12.9. The van der Waals surface area contributed by atoms with Crippen molar-refractivity contribution in [2.24, 2.45) is 5.73 Å². The summed E-state index contributed by atoms with van der Waals surface area (Å²) in [6.45, 7) is 3.62. The van der Waals surface area contributed by atoms with Gasteiger partial charge in [-0.25, -0.2) is 0 Å². The van der Waals surface area contributed by atoms with Gasteiger partial charge in [-0.05, 0) is 11.4 Å². The van der Waals surface area contributed by atoms with Crippen LogP contribution < -0.4 is 5.73 Å². The van der Waals surface area contributed by atoms with E-state index >= 15 is 0 Å². The fraction of sp³-hybridized carbons (Fsp3) is 0.250. The third-order valence-corrected chi connectivity index (χ3v) is 2.22. The Hall–Kier alpha value is -0.600. The number of thiophene rings is 1. The molecule has 0 saturated carbocycles. The van der Waals surface area contributed by atoms with Crippen LogP contribution in [0.5, 0.6) is 0 Å². The molecule has 0 aliphatic carbocycles. The van der Waals surface area contributed by atoms with Crippen molar-refractivity contribution in [3.05, 3.63) is 35.0 Å². The number of nitrogens with two attached hydrogens (primary N) is 1. The lowest BCUT2D eigenvalue weighted by Gasteiger charge is -2.01. The van der Waals surface area contributed by atoms with Crippen LogP contribution in [0.4, 0.5) is 0 Å². The Balaban J connectivity index is 2.47. The van der Waals surface area contributed by atoms with Gasteiger partial charge in [-0.15, -0.1) is 17.9 Å². The summed E-state index contributed by atoms with van der Waals surface area (Å²) in [5.74, 6) is 0. The minimum Gasteiger partial charge on any atom is -0.324 e. The molecule has 0 aromatic carbocycles. The van der Waals surface area contributed by atoms with E-state index in [9.17, 15) is 0 Å². The van der Waals surface area contributed by atoms with Gasteiger partial charge in [-0.1, -0.05) is 12.1 Å². The highest BCUT2D eigenvalue weighted by Crippen LogP contribution is 2.10. The topological polar surface area (TPSA) is 26.0 Å². The Kier molecular flexibility index (Phi) is 2.66. The van der Waals surface area contributed by atoms with Gasteiger partial charge in [0.1, 0.15) is 0 Å². The molecular formula is C8H11NS. The van der Waals surface area contributed by atoms with E-state index in [1.54, 1.807) is 17.4 Å². The molecule has 2 N–H and O–H groups in total. The first-order valence-corrected chi connectivity index (χ1v) is 4.11. The van der Waals surface area contributed by atoms with Gasteiger partial charge in [-0.2, -0.15) is 0 Å². The molecule has 1 unspecified atom stereocenters. The quantitative estimate of drug-likeness (QED) is 0.658. The van der Waals surface area contributed by atoms with Gasteiger partial charge in [0.25, 0.3) is 0 Å². The Bertz CT molecular complexity index is 191. The zero-order valence-electron chi connectivity index (χ0n) is 5.79. The summed E-state index contributed by atoms with van der Waals surface area (Å²) in [5.41, 5.74) is 5.65. The highest BCUT2D eigenvalue weighted by molar-refractivity contribution is 7.09. The third-order valence-electron chi connectivity index (χ3n) is 1.32. The molecule has 0 radical (unpaired) electrons. The van der Waals surface area contributed by atoms with Crippen LogP contribution >= 0.6 is 11.3 Å². The molecule has 0 amide bonds. The molecule has 0 saturated heterocycles. The van der Waals surface area contributed by atoms with Gasteiger partial charge in [0.05, 0.1) is 0 Å². The second-order valence-electron chi connectivity index (χ2n) is 2.18. The highest BCUT2D eigenvalue weighted by atomic mass is 32.1. The number of hydrogen-bond donors (Lipinski definition) is 1. The van der Waals surface area contributed by atoms with Crippen molar-refractivity contribution in [3.8, 4) is 0 Å². The summed E-state index contributed by atoms with van der Waals surface area (Å²) < 4.78 is 0. The lowest BCUT2D eigenvalue weighted by atomic mass is 10.2. The second-order valence-corrected chi connectivity index (χ2v) is 3.22. The molecule has 1 heterocycles. The molecule has 10 heavy (non-hydrogen) atoms. The fourth-order valence-corrected chi connectivity index (χ4v) is 1.52. The van der Waals surface area contributed by atoms with E-state index in [-0.39, 0.29) is 6.04 Å². The molecule has 0 bridgehead atoms. The average Bonchev–Trinajstić information content (AvgIpc) is 2.40. The lowest BCUT2D eigenvalue weighted by Crippen LogP contribution is -2.18. The molecule has 2 heteroatoms. The maximum absolute atomic E-state index is 5.65. The van der Waals surface area contributed by atoms with Crippen LogP contribution in [0, 0.1) is 0 Å². The van der Waals surface area contributed by atoms with Crippen molar-refractivity contribution < 1.29 is 0 Å². The molecule has 0 fully saturated rings. The Morgan fingerprint density at radius 2 is 2.60 bits per heavy atom.